The zero-order chi connectivity index (χ0) is 14.5. The van der Waals surface area contributed by atoms with Gasteiger partial charge in [-0.15, -0.1) is 0 Å². The number of sulfonamides is 1. The van der Waals surface area contributed by atoms with Gasteiger partial charge in [-0.1, -0.05) is 11.8 Å². The summed E-state index contributed by atoms with van der Waals surface area (Å²) in [7, 11) is -3.99. The molecule has 0 aromatic heterocycles. The summed E-state index contributed by atoms with van der Waals surface area (Å²) in [5.74, 6) is 3.43. The number of rotatable bonds is 4. The van der Waals surface area contributed by atoms with Gasteiger partial charge in [-0.2, -0.15) is 0 Å². The van der Waals surface area contributed by atoms with Gasteiger partial charge < -0.3 is 11.5 Å². The van der Waals surface area contributed by atoms with Gasteiger partial charge in [-0.3, -0.25) is 4.79 Å². The summed E-state index contributed by atoms with van der Waals surface area (Å²) in [4.78, 5) is 10.3. The predicted octanol–water partition coefficient (Wildman–Crippen LogP) is -1.10. The SMILES string of the molecule is NCC#Cc1cc(F)ccc1S(=O)(=O)NCC(N)=O. The third kappa shape index (κ3) is 4.33. The van der Waals surface area contributed by atoms with E-state index in [0.29, 0.717) is 0 Å². The van der Waals surface area contributed by atoms with Crippen molar-refractivity contribution in [1.82, 2.24) is 4.72 Å². The fourth-order valence-corrected chi connectivity index (χ4v) is 2.36. The van der Waals surface area contributed by atoms with E-state index in [4.69, 9.17) is 11.5 Å². The van der Waals surface area contributed by atoms with Crippen LogP contribution in [0.4, 0.5) is 4.39 Å². The molecular formula is C11H12FN3O3S. The van der Waals surface area contributed by atoms with E-state index in [-0.39, 0.29) is 17.0 Å². The summed E-state index contributed by atoms with van der Waals surface area (Å²) in [5, 5.41) is 0. The summed E-state index contributed by atoms with van der Waals surface area (Å²) in [5.41, 5.74) is 9.99. The molecule has 8 heteroatoms. The van der Waals surface area contributed by atoms with Crippen molar-refractivity contribution in [3.63, 3.8) is 0 Å². The second kappa shape index (κ2) is 6.29. The highest BCUT2D eigenvalue weighted by Crippen LogP contribution is 2.16. The minimum Gasteiger partial charge on any atom is -0.369 e. The first-order valence-corrected chi connectivity index (χ1v) is 6.61. The second-order valence-electron chi connectivity index (χ2n) is 3.44. The Bertz CT molecular complexity index is 647. The van der Waals surface area contributed by atoms with E-state index in [9.17, 15) is 17.6 Å². The Kier molecular flexibility index (Phi) is 5.00. The van der Waals surface area contributed by atoms with Crippen molar-refractivity contribution in [2.45, 2.75) is 4.90 Å². The molecule has 5 N–H and O–H groups in total. The molecule has 0 unspecified atom stereocenters. The molecule has 1 rings (SSSR count). The highest BCUT2D eigenvalue weighted by Gasteiger charge is 2.18. The number of benzene rings is 1. The lowest BCUT2D eigenvalue weighted by Gasteiger charge is -2.07. The average Bonchev–Trinajstić information content (AvgIpc) is 2.34. The van der Waals surface area contributed by atoms with Gasteiger partial charge in [0.15, 0.2) is 0 Å². The molecule has 1 aromatic rings. The lowest BCUT2D eigenvalue weighted by molar-refractivity contribution is -0.116. The van der Waals surface area contributed by atoms with Crippen molar-refractivity contribution in [3.8, 4) is 11.8 Å². The molecule has 0 aliphatic rings. The van der Waals surface area contributed by atoms with Crippen LogP contribution in [0, 0.1) is 17.7 Å². The van der Waals surface area contributed by atoms with Crippen LogP contribution in [0.2, 0.25) is 0 Å². The zero-order valence-electron chi connectivity index (χ0n) is 9.81. The molecule has 6 nitrogen and oxygen atoms in total. The van der Waals surface area contributed by atoms with Crippen molar-refractivity contribution in [2.24, 2.45) is 11.5 Å². The van der Waals surface area contributed by atoms with E-state index >= 15 is 0 Å². The monoisotopic (exact) mass is 285 g/mol. The van der Waals surface area contributed by atoms with Crippen LogP contribution in [-0.2, 0) is 14.8 Å². The molecule has 0 heterocycles. The molecule has 0 radical (unpaired) electrons. The van der Waals surface area contributed by atoms with E-state index in [1.807, 2.05) is 4.72 Å². The molecule has 19 heavy (non-hydrogen) atoms. The molecule has 1 aromatic carbocycles. The number of hydrogen-bond donors (Lipinski definition) is 3. The molecule has 102 valence electrons. The Labute approximate surface area is 110 Å². The molecule has 0 saturated heterocycles. The number of carbonyl (C=O) groups is 1. The van der Waals surface area contributed by atoms with Crippen LogP contribution in [-0.4, -0.2) is 27.4 Å². The summed E-state index contributed by atoms with van der Waals surface area (Å²) < 4.78 is 38.9. The molecule has 0 spiro atoms. The standard InChI is InChI=1S/C11H12FN3O3S/c12-9-3-4-10(8(6-9)2-1-5-13)19(17,18)15-7-11(14)16/h3-4,6,15H,5,7,13H2,(H2,14,16). The van der Waals surface area contributed by atoms with Crippen molar-refractivity contribution < 1.29 is 17.6 Å². The lowest BCUT2D eigenvalue weighted by Crippen LogP contribution is -2.33. The van der Waals surface area contributed by atoms with Crippen LogP contribution in [0.1, 0.15) is 5.56 Å². The minimum atomic E-state index is -3.99. The van der Waals surface area contributed by atoms with Gasteiger partial charge in [0.05, 0.1) is 18.0 Å². The smallest absolute Gasteiger partial charge is 0.242 e. The van der Waals surface area contributed by atoms with Gasteiger partial charge in [-0.25, -0.2) is 17.5 Å². The van der Waals surface area contributed by atoms with Crippen LogP contribution in [0.25, 0.3) is 0 Å². The number of amides is 1. The van der Waals surface area contributed by atoms with Gasteiger partial charge in [0.2, 0.25) is 15.9 Å². The van der Waals surface area contributed by atoms with Crippen molar-refractivity contribution in [3.05, 3.63) is 29.6 Å². The Balaban J connectivity index is 3.22. The summed E-state index contributed by atoms with van der Waals surface area (Å²) in [6, 6.07) is 3.01. The van der Waals surface area contributed by atoms with E-state index in [0.717, 1.165) is 18.2 Å². The highest BCUT2D eigenvalue weighted by atomic mass is 32.2. The van der Waals surface area contributed by atoms with Crippen LogP contribution in [0.15, 0.2) is 23.1 Å². The van der Waals surface area contributed by atoms with Gasteiger partial charge in [0.25, 0.3) is 0 Å². The molecule has 0 fully saturated rings. The minimum absolute atomic E-state index is 0.00468. The van der Waals surface area contributed by atoms with Crippen molar-refractivity contribution in [1.29, 1.82) is 0 Å². The topological polar surface area (TPSA) is 115 Å². The van der Waals surface area contributed by atoms with E-state index < -0.39 is 28.3 Å². The number of primary amides is 1. The molecule has 0 atom stereocenters. The largest absolute Gasteiger partial charge is 0.369 e. The maximum atomic E-state index is 13.1. The van der Waals surface area contributed by atoms with Crippen LogP contribution in [0.5, 0.6) is 0 Å². The maximum Gasteiger partial charge on any atom is 0.242 e. The van der Waals surface area contributed by atoms with Gasteiger partial charge in [0.1, 0.15) is 5.82 Å². The van der Waals surface area contributed by atoms with Gasteiger partial charge in [0, 0.05) is 5.56 Å². The highest BCUT2D eigenvalue weighted by molar-refractivity contribution is 7.89. The van der Waals surface area contributed by atoms with Gasteiger partial charge >= 0.3 is 0 Å². The van der Waals surface area contributed by atoms with Crippen molar-refractivity contribution in [2.75, 3.05) is 13.1 Å². The first-order valence-electron chi connectivity index (χ1n) is 5.13. The fourth-order valence-electron chi connectivity index (χ4n) is 1.22. The van der Waals surface area contributed by atoms with E-state index in [1.165, 1.54) is 0 Å². The number of nitrogens with one attached hydrogen (secondary N) is 1. The Morgan fingerprint density at radius 3 is 2.68 bits per heavy atom. The summed E-state index contributed by atoms with van der Waals surface area (Å²) in [6.07, 6.45) is 0. The van der Waals surface area contributed by atoms with Crippen LogP contribution < -0.4 is 16.2 Å². The number of hydrogen-bond acceptors (Lipinski definition) is 4. The molecule has 0 aliphatic heterocycles. The average molecular weight is 285 g/mol. The third-order valence-electron chi connectivity index (χ3n) is 1.99. The first kappa shape index (κ1) is 15.1. The predicted molar refractivity (Wildman–Crippen MR) is 66.7 cm³/mol. The normalized spacial score (nSPS) is 10.6. The molecule has 1 amide bonds. The quantitative estimate of drug-likeness (QED) is 0.609. The lowest BCUT2D eigenvalue weighted by atomic mass is 10.2. The third-order valence-corrected chi connectivity index (χ3v) is 3.45. The molecule has 0 saturated carbocycles. The Morgan fingerprint density at radius 2 is 2.11 bits per heavy atom. The molecule has 0 bridgehead atoms. The van der Waals surface area contributed by atoms with E-state index in [1.54, 1.807) is 0 Å². The summed E-state index contributed by atoms with van der Waals surface area (Å²) >= 11 is 0. The zero-order valence-corrected chi connectivity index (χ0v) is 10.6. The van der Waals surface area contributed by atoms with Crippen LogP contribution >= 0.6 is 0 Å². The Hall–Kier alpha value is -1.95. The summed E-state index contributed by atoms with van der Waals surface area (Å²) in [6.45, 7) is -0.547. The molecular weight excluding hydrogens is 273 g/mol. The Morgan fingerprint density at radius 1 is 1.42 bits per heavy atom. The molecule has 0 aliphatic carbocycles. The maximum absolute atomic E-state index is 13.1. The van der Waals surface area contributed by atoms with E-state index in [2.05, 4.69) is 11.8 Å². The van der Waals surface area contributed by atoms with Crippen molar-refractivity contribution >= 4 is 15.9 Å². The van der Waals surface area contributed by atoms with Gasteiger partial charge in [-0.05, 0) is 18.2 Å². The first-order chi connectivity index (χ1) is 8.86. The number of halogens is 1. The second-order valence-corrected chi connectivity index (χ2v) is 5.17. The number of carbonyl (C=O) groups excluding carboxylic acids is 1. The number of nitrogens with two attached hydrogens (primary N) is 2. The van der Waals surface area contributed by atoms with Crippen LogP contribution in [0.3, 0.4) is 0 Å². The fraction of sp³-hybridized carbons (Fsp3) is 0.182.